The van der Waals surface area contributed by atoms with Crippen LogP contribution in [0, 0.1) is 5.92 Å². The molecule has 2 aliphatic heterocycles. The first-order valence-electron chi connectivity index (χ1n) is 12.0. The molecule has 1 aromatic carbocycles. The van der Waals surface area contributed by atoms with E-state index in [0.29, 0.717) is 30.8 Å². The Morgan fingerprint density at radius 2 is 1.57 bits per heavy atom. The molecule has 35 heavy (non-hydrogen) atoms. The smallest absolute Gasteiger partial charge is 0.407 e. The van der Waals surface area contributed by atoms with Gasteiger partial charge in [-0.3, -0.25) is 24.1 Å². The van der Waals surface area contributed by atoms with Crippen LogP contribution < -0.4 is 10.6 Å². The molecule has 0 saturated carbocycles. The van der Waals surface area contributed by atoms with Crippen LogP contribution in [0.15, 0.2) is 24.3 Å². The fourth-order valence-corrected chi connectivity index (χ4v) is 4.13. The fourth-order valence-electron chi connectivity index (χ4n) is 4.13. The fraction of sp³-hybridized carbons (Fsp3) is 0.560. The van der Waals surface area contributed by atoms with Gasteiger partial charge in [0.15, 0.2) is 0 Å². The highest BCUT2D eigenvalue weighted by Gasteiger charge is 2.35. The van der Waals surface area contributed by atoms with Crippen LogP contribution in [0.1, 0.15) is 67.2 Å². The lowest BCUT2D eigenvalue weighted by atomic mass is 9.96. The van der Waals surface area contributed by atoms with Gasteiger partial charge in [0.25, 0.3) is 11.8 Å². The highest BCUT2D eigenvalue weighted by molar-refractivity contribution is 6.21. The molecule has 0 bridgehead atoms. The number of amides is 5. The average molecular weight is 487 g/mol. The van der Waals surface area contributed by atoms with Gasteiger partial charge in [-0.25, -0.2) is 4.79 Å². The summed E-state index contributed by atoms with van der Waals surface area (Å²) in [5.74, 6) is -0.714. The zero-order valence-corrected chi connectivity index (χ0v) is 20.6. The number of alkyl carbamates (subject to hydrolysis) is 1. The largest absolute Gasteiger partial charge is 0.444 e. The molecule has 0 unspecified atom stereocenters. The summed E-state index contributed by atoms with van der Waals surface area (Å²) in [7, 11) is 0. The van der Waals surface area contributed by atoms with Crippen molar-refractivity contribution < 1.29 is 28.7 Å². The Kier molecular flexibility index (Phi) is 8.48. The van der Waals surface area contributed by atoms with Gasteiger partial charge in [-0.2, -0.15) is 0 Å². The topological polar surface area (TPSA) is 125 Å². The minimum atomic E-state index is -0.583. The first-order valence-corrected chi connectivity index (χ1v) is 12.0. The van der Waals surface area contributed by atoms with Crippen LogP contribution >= 0.6 is 0 Å². The van der Waals surface area contributed by atoms with Gasteiger partial charge in [0.1, 0.15) is 5.60 Å². The van der Waals surface area contributed by atoms with Gasteiger partial charge < -0.3 is 20.3 Å². The minimum Gasteiger partial charge on any atom is -0.444 e. The number of fused-ring (bicyclic) bond motifs is 1. The molecule has 0 aromatic heterocycles. The van der Waals surface area contributed by atoms with Crippen molar-refractivity contribution in [3.63, 3.8) is 0 Å². The summed E-state index contributed by atoms with van der Waals surface area (Å²) in [6, 6.07) is 6.65. The van der Waals surface area contributed by atoms with E-state index in [9.17, 15) is 24.0 Å². The van der Waals surface area contributed by atoms with Crippen LogP contribution in [0.3, 0.4) is 0 Å². The van der Waals surface area contributed by atoms with Gasteiger partial charge in [-0.1, -0.05) is 12.1 Å². The van der Waals surface area contributed by atoms with Gasteiger partial charge >= 0.3 is 6.09 Å². The second-order valence-corrected chi connectivity index (χ2v) is 9.86. The van der Waals surface area contributed by atoms with E-state index in [1.807, 2.05) is 0 Å². The van der Waals surface area contributed by atoms with Gasteiger partial charge in [-0.05, 0) is 51.7 Å². The summed E-state index contributed by atoms with van der Waals surface area (Å²) < 4.78 is 5.15. The Hall–Kier alpha value is -3.43. The number of nitrogens with zero attached hydrogens (tertiary/aromatic N) is 2. The molecule has 190 valence electrons. The lowest BCUT2D eigenvalue weighted by molar-refractivity contribution is -0.132. The number of piperidine rings is 1. The van der Waals surface area contributed by atoms with Crippen LogP contribution in [0.5, 0.6) is 0 Å². The number of likely N-dealkylation sites (tertiary alicyclic amines) is 1. The van der Waals surface area contributed by atoms with Crippen molar-refractivity contribution in [2.24, 2.45) is 5.92 Å². The number of nitrogens with one attached hydrogen (secondary N) is 2. The van der Waals surface area contributed by atoms with Gasteiger partial charge in [0.05, 0.1) is 11.1 Å². The summed E-state index contributed by atoms with van der Waals surface area (Å²) in [4.78, 5) is 64.0. The maximum absolute atomic E-state index is 12.4. The highest BCUT2D eigenvalue weighted by Crippen LogP contribution is 2.22. The van der Waals surface area contributed by atoms with Crippen LogP contribution in [0.2, 0.25) is 0 Å². The molecular weight excluding hydrogens is 452 g/mol. The summed E-state index contributed by atoms with van der Waals surface area (Å²) in [6.07, 6.45) is 1.25. The molecule has 10 heteroatoms. The third-order valence-electron chi connectivity index (χ3n) is 6.00. The van der Waals surface area contributed by atoms with Gasteiger partial charge in [0.2, 0.25) is 11.8 Å². The molecule has 5 amide bonds. The first-order chi connectivity index (χ1) is 16.5. The molecule has 1 aromatic rings. The average Bonchev–Trinajstić information content (AvgIpc) is 3.05. The minimum absolute atomic E-state index is 0.0236. The molecule has 2 aliphatic rings. The van der Waals surface area contributed by atoms with Crippen molar-refractivity contribution >= 4 is 29.7 Å². The summed E-state index contributed by atoms with van der Waals surface area (Å²) >= 11 is 0. The number of rotatable bonds is 8. The Bertz CT molecular complexity index is 943. The highest BCUT2D eigenvalue weighted by atomic mass is 16.6. The van der Waals surface area contributed by atoms with Crippen molar-refractivity contribution in [1.29, 1.82) is 0 Å². The Morgan fingerprint density at radius 1 is 0.971 bits per heavy atom. The maximum Gasteiger partial charge on any atom is 0.407 e. The van der Waals surface area contributed by atoms with Gasteiger partial charge in [-0.15, -0.1) is 0 Å². The van der Waals surface area contributed by atoms with E-state index >= 15 is 0 Å². The van der Waals surface area contributed by atoms with Crippen LogP contribution in [-0.4, -0.2) is 77.8 Å². The second kappa shape index (κ2) is 11.3. The van der Waals surface area contributed by atoms with Crippen molar-refractivity contribution in [2.75, 3.05) is 32.7 Å². The van der Waals surface area contributed by atoms with Crippen molar-refractivity contribution in [1.82, 2.24) is 20.4 Å². The third kappa shape index (κ3) is 7.27. The van der Waals surface area contributed by atoms with E-state index in [1.165, 1.54) is 0 Å². The van der Waals surface area contributed by atoms with Crippen LogP contribution in [0.4, 0.5) is 4.79 Å². The predicted molar refractivity (Wildman–Crippen MR) is 128 cm³/mol. The Labute approximate surface area is 205 Å². The van der Waals surface area contributed by atoms with Crippen LogP contribution in [-0.2, 0) is 14.3 Å². The molecule has 0 radical (unpaired) electrons. The SMILES string of the molecule is CC(C)(C)OC(=O)NCCC(=O)N1CCC(CNC(=O)CCN2C(=O)c3ccccc3C2=O)CC1. The van der Waals surface area contributed by atoms with Crippen LogP contribution in [0.25, 0.3) is 0 Å². The lowest BCUT2D eigenvalue weighted by Crippen LogP contribution is -2.43. The lowest BCUT2D eigenvalue weighted by Gasteiger charge is -2.32. The number of carbonyl (C=O) groups is 5. The van der Waals surface area contributed by atoms with E-state index in [0.717, 1.165) is 17.7 Å². The van der Waals surface area contributed by atoms with E-state index in [2.05, 4.69) is 10.6 Å². The summed E-state index contributed by atoms with van der Waals surface area (Å²) in [6.45, 7) is 7.28. The van der Waals surface area contributed by atoms with E-state index in [1.54, 1.807) is 49.9 Å². The first kappa shape index (κ1) is 26.2. The maximum atomic E-state index is 12.4. The number of imide groups is 1. The number of hydrogen-bond acceptors (Lipinski definition) is 6. The Balaban J connectivity index is 1.30. The third-order valence-corrected chi connectivity index (χ3v) is 6.00. The molecule has 1 saturated heterocycles. The molecule has 2 heterocycles. The van der Waals surface area contributed by atoms with Gasteiger partial charge in [0, 0.05) is 45.6 Å². The molecule has 2 N–H and O–H groups in total. The summed E-state index contributed by atoms with van der Waals surface area (Å²) in [5.41, 5.74) is 0.167. The molecule has 0 atom stereocenters. The number of carbonyl (C=O) groups excluding carboxylic acids is 5. The normalized spacial score (nSPS) is 16.2. The molecule has 3 rings (SSSR count). The van der Waals surface area contributed by atoms with E-state index in [-0.39, 0.29) is 55.5 Å². The monoisotopic (exact) mass is 486 g/mol. The molecule has 1 fully saturated rings. The Morgan fingerprint density at radius 3 is 2.14 bits per heavy atom. The standard InChI is InChI=1S/C25H34N4O6/c1-25(2,3)35-24(34)26-12-8-21(31)28-13-9-17(10-14-28)16-27-20(30)11-15-29-22(32)18-6-4-5-7-19(18)23(29)33/h4-7,17H,8-16H2,1-3H3,(H,26,34)(H,27,30). The van der Waals surface area contributed by atoms with Crippen molar-refractivity contribution in [2.45, 2.75) is 52.1 Å². The van der Waals surface area contributed by atoms with E-state index < -0.39 is 11.7 Å². The quantitative estimate of drug-likeness (QED) is 0.541. The second-order valence-electron chi connectivity index (χ2n) is 9.86. The molecule has 10 nitrogen and oxygen atoms in total. The number of hydrogen-bond donors (Lipinski definition) is 2. The summed E-state index contributed by atoms with van der Waals surface area (Å²) in [5, 5.41) is 5.48. The van der Waals surface area contributed by atoms with Crippen molar-refractivity contribution in [3.8, 4) is 0 Å². The zero-order chi connectivity index (χ0) is 25.6. The number of ether oxygens (including phenoxy) is 1. The molecule has 0 spiro atoms. The predicted octanol–water partition coefficient (Wildman–Crippen LogP) is 1.94. The number of benzene rings is 1. The zero-order valence-electron chi connectivity index (χ0n) is 20.6. The van der Waals surface area contributed by atoms with Crippen molar-refractivity contribution in [3.05, 3.63) is 35.4 Å². The van der Waals surface area contributed by atoms with E-state index in [4.69, 9.17) is 4.74 Å². The molecular formula is C25H34N4O6. The molecule has 0 aliphatic carbocycles.